The van der Waals surface area contributed by atoms with Crippen LogP contribution >= 0.6 is 0 Å². The quantitative estimate of drug-likeness (QED) is 0.709. The van der Waals surface area contributed by atoms with E-state index in [0.717, 1.165) is 12.8 Å². The summed E-state index contributed by atoms with van der Waals surface area (Å²) in [6.45, 7) is 5.82. The van der Waals surface area contributed by atoms with E-state index in [1.807, 2.05) is 27.0 Å². The lowest BCUT2D eigenvalue weighted by Crippen LogP contribution is -2.42. The van der Waals surface area contributed by atoms with Gasteiger partial charge in [0.1, 0.15) is 0 Å². The zero-order valence-corrected chi connectivity index (χ0v) is 10.2. The van der Waals surface area contributed by atoms with E-state index in [9.17, 15) is 4.79 Å². The SMILES string of the molecule is CC(C)(C)C(=O)NC1C=C2NC=CC2CC1. The molecule has 0 spiro atoms. The summed E-state index contributed by atoms with van der Waals surface area (Å²) in [6.07, 6.45) is 8.47. The van der Waals surface area contributed by atoms with Crippen molar-refractivity contribution in [2.45, 2.75) is 39.7 Å². The van der Waals surface area contributed by atoms with E-state index in [2.05, 4.69) is 22.8 Å². The van der Waals surface area contributed by atoms with Gasteiger partial charge in [0.25, 0.3) is 0 Å². The minimum Gasteiger partial charge on any atom is -0.365 e. The molecule has 2 unspecified atom stereocenters. The molecular weight excluding hydrogens is 200 g/mol. The van der Waals surface area contributed by atoms with Gasteiger partial charge < -0.3 is 10.6 Å². The fraction of sp³-hybridized carbons (Fsp3) is 0.615. The number of nitrogens with one attached hydrogen (secondary N) is 2. The topological polar surface area (TPSA) is 41.1 Å². The Kier molecular flexibility index (Phi) is 2.78. The molecular formula is C13H20N2O. The number of fused-ring (bicyclic) bond motifs is 1. The van der Waals surface area contributed by atoms with Crippen LogP contribution in [0.5, 0.6) is 0 Å². The average molecular weight is 220 g/mol. The molecule has 0 saturated heterocycles. The van der Waals surface area contributed by atoms with E-state index in [0.29, 0.717) is 5.92 Å². The summed E-state index contributed by atoms with van der Waals surface area (Å²) in [4.78, 5) is 11.8. The second-order valence-corrected chi connectivity index (χ2v) is 5.64. The maximum atomic E-state index is 11.8. The number of rotatable bonds is 1. The fourth-order valence-electron chi connectivity index (χ4n) is 2.05. The van der Waals surface area contributed by atoms with Crippen molar-refractivity contribution in [3.05, 3.63) is 24.0 Å². The van der Waals surface area contributed by atoms with E-state index >= 15 is 0 Å². The van der Waals surface area contributed by atoms with Gasteiger partial charge in [-0.3, -0.25) is 4.79 Å². The van der Waals surface area contributed by atoms with Crippen LogP contribution in [0, 0.1) is 11.3 Å². The van der Waals surface area contributed by atoms with Crippen molar-refractivity contribution < 1.29 is 4.79 Å². The van der Waals surface area contributed by atoms with Crippen molar-refractivity contribution in [3.8, 4) is 0 Å². The van der Waals surface area contributed by atoms with Crippen LogP contribution in [-0.2, 0) is 4.79 Å². The van der Waals surface area contributed by atoms with Crippen LogP contribution < -0.4 is 10.6 Å². The van der Waals surface area contributed by atoms with Crippen molar-refractivity contribution in [2.75, 3.05) is 0 Å². The molecule has 0 aromatic rings. The van der Waals surface area contributed by atoms with Gasteiger partial charge in [-0.05, 0) is 25.1 Å². The first kappa shape index (κ1) is 11.2. The highest BCUT2D eigenvalue weighted by atomic mass is 16.2. The number of carbonyl (C=O) groups excluding carboxylic acids is 1. The highest BCUT2D eigenvalue weighted by Crippen LogP contribution is 2.28. The van der Waals surface area contributed by atoms with E-state index in [4.69, 9.17) is 0 Å². The second-order valence-electron chi connectivity index (χ2n) is 5.64. The number of carbonyl (C=O) groups is 1. The van der Waals surface area contributed by atoms with Gasteiger partial charge in [0.2, 0.25) is 5.91 Å². The zero-order chi connectivity index (χ0) is 11.8. The summed E-state index contributed by atoms with van der Waals surface area (Å²) < 4.78 is 0. The summed E-state index contributed by atoms with van der Waals surface area (Å²) in [5, 5.41) is 6.32. The lowest BCUT2D eigenvalue weighted by atomic mass is 9.89. The van der Waals surface area contributed by atoms with Crippen molar-refractivity contribution in [1.82, 2.24) is 10.6 Å². The van der Waals surface area contributed by atoms with Gasteiger partial charge in [-0.1, -0.05) is 26.8 Å². The van der Waals surface area contributed by atoms with Gasteiger partial charge >= 0.3 is 0 Å². The Morgan fingerprint density at radius 3 is 2.88 bits per heavy atom. The maximum Gasteiger partial charge on any atom is 0.225 e. The van der Waals surface area contributed by atoms with Crippen LogP contribution in [0.15, 0.2) is 24.0 Å². The van der Waals surface area contributed by atoms with E-state index in [-0.39, 0.29) is 17.4 Å². The highest BCUT2D eigenvalue weighted by molar-refractivity contribution is 5.81. The smallest absolute Gasteiger partial charge is 0.225 e. The molecule has 2 N–H and O–H groups in total. The molecule has 3 heteroatoms. The molecule has 3 nitrogen and oxygen atoms in total. The Labute approximate surface area is 97.0 Å². The largest absolute Gasteiger partial charge is 0.365 e. The molecule has 88 valence electrons. The molecule has 2 atom stereocenters. The van der Waals surface area contributed by atoms with E-state index < -0.39 is 0 Å². The molecule has 1 amide bonds. The van der Waals surface area contributed by atoms with E-state index in [1.54, 1.807) is 0 Å². The van der Waals surface area contributed by atoms with Gasteiger partial charge in [-0.25, -0.2) is 0 Å². The number of hydrogen-bond acceptors (Lipinski definition) is 2. The number of amides is 1. The summed E-state index contributed by atoms with van der Waals surface area (Å²) in [6, 6.07) is 0.186. The minimum absolute atomic E-state index is 0.124. The summed E-state index contributed by atoms with van der Waals surface area (Å²) in [5.74, 6) is 0.668. The molecule has 0 fully saturated rings. The fourth-order valence-corrected chi connectivity index (χ4v) is 2.05. The van der Waals surface area contributed by atoms with Gasteiger partial charge in [0.05, 0.1) is 0 Å². The van der Waals surface area contributed by atoms with Gasteiger partial charge in [-0.15, -0.1) is 0 Å². The molecule has 2 aliphatic rings. The van der Waals surface area contributed by atoms with E-state index in [1.165, 1.54) is 5.70 Å². The Morgan fingerprint density at radius 1 is 1.44 bits per heavy atom. The predicted octanol–water partition coefficient (Wildman–Crippen LogP) is 1.93. The van der Waals surface area contributed by atoms with Crippen LogP contribution in [0.3, 0.4) is 0 Å². The first-order chi connectivity index (χ1) is 7.47. The normalized spacial score (nSPS) is 28.1. The Balaban J connectivity index is 1.98. The first-order valence-corrected chi connectivity index (χ1v) is 5.93. The van der Waals surface area contributed by atoms with Crippen LogP contribution in [0.25, 0.3) is 0 Å². The lowest BCUT2D eigenvalue weighted by molar-refractivity contribution is -0.129. The number of allylic oxidation sites excluding steroid dienone is 1. The maximum absolute atomic E-state index is 11.8. The molecule has 1 aliphatic carbocycles. The Bertz CT molecular complexity index is 349. The van der Waals surface area contributed by atoms with Crippen molar-refractivity contribution >= 4 is 5.91 Å². The third-order valence-electron chi connectivity index (χ3n) is 3.15. The Hall–Kier alpha value is -1.25. The highest BCUT2D eigenvalue weighted by Gasteiger charge is 2.27. The first-order valence-electron chi connectivity index (χ1n) is 5.93. The third kappa shape index (κ3) is 2.29. The molecule has 2 rings (SSSR count). The molecule has 0 saturated carbocycles. The predicted molar refractivity (Wildman–Crippen MR) is 64.5 cm³/mol. The summed E-state index contributed by atoms with van der Waals surface area (Å²) in [5.41, 5.74) is 0.932. The number of hydrogen-bond donors (Lipinski definition) is 2. The molecule has 0 aromatic heterocycles. The molecule has 0 radical (unpaired) electrons. The Morgan fingerprint density at radius 2 is 2.19 bits per heavy atom. The molecule has 0 aromatic carbocycles. The molecule has 0 bridgehead atoms. The van der Waals surface area contributed by atoms with Crippen molar-refractivity contribution in [3.63, 3.8) is 0 Å². The zero-order valence-electron chi connectivity index (χ0n) is 10.2. The lowest BCUT2D eigenvalue weighted by Gasteiger charge is -2.27. The molecule has 16 heavy (non-hydrogen) atoms. The van der Waals surface area contributed by atoms with Crippen LogP contribution in [0.1, 0.15) is 33.6 Å². The van der Waals surface area contributed by atoms with Gasteiger partial charge in [-0.2, -0.15) is 0 Å². The summed E-state index contributed by atoms with van der Waals surface area (Å²) in [7, 11) is 0. The third-order valence-corrected chi connectivity index (χ3v) is 3.15. The molecule has 1 aliphatic heterocycles. The van der Waals surface area contributed by atoms with Crippen molar-refractivity contribution in [1.29, 1.82) is 0 Å². The van der Waals surface area contributed by atoms with Crippen LogP contribution in [0.2, 0.25) is 0 Å². The van der Waals surface area contributed by atoms with Crippen LogP contribution in [-0.4, -0.2) is 11.9 Å². The monoisotopic (exact) mass is 220 g/mol. The standard InChI is InChI=1S/C13H20N2O/c1-13(2,3)12(16)15-10-5-4-9-6-7-14-11(9)8-10/h6-10,14H,4-5H2,1-3H3,(H,15,16). The van der Waals surface area contributed by atoms with Crippen molar-refractivity contribution in [2.24, 2.45) is 11.3 Å². The van der Waals surface area contributed by atoms with Crippen LogP contribution in [0.4, 0.5) is 0 Å². The molecule has 1 heterocycles. The van der Waals surface area contributed by atoms with Gasteiger partial charge in [0, 0.05) is 23.1 Å². The average Bonchev–Trinajstić information content (AvgIpc) is 2.63. The van der Waals surface area contributed by atoms with Gasteiger partial charge in [0.15, 0.2) is 0 Å². The summed E-state index contributed by atoms with van der Waals surface area (Å²) >= 11 is 0. The minimum atomic E-state index is -0.309. The second kappa shape index (κ2) is 3.96.